The zero-order valence-corrected chi connectivity index (χ0v) is 8.34. The van der Waals surface area contributed by atoms with Crippen molar-refractivity contribution in [2.75, 3.05) is 13.1 Å². The molecular formula is C10H18N2O. The highest BCUT2D eigenvalue weighted by molar-refractivity contribution is 5.79. The summed E-state index contributed by atoms with van der Waals surface area (Å²) in [7, 11) is 0. The van der Waals surface area contributed by atoms with Gasteiger partial charge >= 0.3 is 0 Å². The fourth-order valence-corrected chi connectivity index (χ4v) is 1.16. The van der Waals surface area contributed by atoms with Crippen LogP contribution in [-0.4, -0.2) is 19.0 Å². The molecule has 0 aromatic heterocycles. The first-order valence-corrected chi connectivity index (χ1v) is 4.53. The zero-order valence-electron chi connectivity index (χ0n) is 8.34. The van der Waals surface area contributed by atoms with Crippen LogP contribution in [0.4, 0.5) is 0 Å². The number of nitrogens with two attached hydrogens (primary N) is 1. The van der Waals surface area contributed by atoms with E-state index < -0.39 is 0 Å². The lowest BCUT2D eigenvalue weighted by Gasteiger charge is -2.15. The first-order valence-electron chi connectivity index (χ1n) is 4.53. The normalized spacial score (nSPS) is 12.2. The molecule has 0 saturated carbocycles. The Morgan fingerprint density at radius 3 is 2.62 bits per heavy atom. The second kappa shape index (κ2) is 6.50. The lowest BCUT2D eigenvalue weighted by Crippen LogP contribution is -2.35. The minimum Gasteiger partial charge on any atom is -0.345 e. The van der Waals surface area contributed by atoms with Gasteiger partial charge < -0.3 is 11.1 Å². The van der Waals surface area contributed by atoms with Gasteiger partial charge in [-0.25, -0.2) is 0 Å². The molecule has 0 aliphatic carbocycles. The van der Waals surface area contributed by atoms with Crippen LogP contribution in [0, 0.1) is 24.2 Å². The summed E-state index contributed by atoms with van der Waals surface area (Å²) in [6, 6.07) is 0. The van der Waals surface area contributed by atoms with Crippen molar-refractivity contribution in [3.8, 4) is 12.3 Å². The molecule has 0 aliphatic heterocycles. The Kier molecular flexibility index (Phi) is 5.99. The van der Waals surface area contributed by atoms with Crippen molar-refractivity contribution in [2.24, 2.45) is 17.6 Å². The van der Waals surface area contributed by atoms with Crippen LogP contribution in [0.2, 0.25) is 0 Å². The van der Waals surface area contributed by atoms with Gasteiger partial charge in [-0.3, -0.25) is 4.79 Å². The first kappa shape index (κ1) is 12.0. The Bertz CT molecular complexity index is 194. The smallest absolute Gasteiger partial charge is 0.225 e. The van der Waals surface area contributed by atoms with E-state index in [9.17, 15) is 4.79 Å². The maximum Gasteiger partial charge on any atom is 0.225 e. The van der Waals surface area contributed by atoms with Gasteiger partial charge in [0.1, 0.15) is 0 Å². The molecule has 0 spiro atoms. The summed E-state index contributed by atoms with van der Waals surface area (Å²) < 4.78 is 0. The second-order valence-corrected chi connectivity index (χ2v) is 3.48. The lowest BCUT2D eigenvalue weighted by molar-refractivity contribution is -0.124. The van der Waals surface area contributed by atoms with E-state index in [0.29, 0.717) is 12.5 Å². The molecule has 0 aromatic rings. The number of amides is 1. The molecule has 0 bridgehead atoms. The van der Waals surface area contributed by atoms with Crippen LogP contribution in [0.25, 0.3) is 0 Å². The molecule has 0 fully saturated rings. The SMILES string of the molecule is C#CCNC(=O)C(CN)CC(C)C. The molecule has 1 amide bonds. The van der Waals surface area contributed by atoms with Crippen molar-refractivity contribution in [3.63, 3.8) is 0 Å². The predicted octanol–water partition coefficient (Wildman–Crippen LogP) is 0.357. The minimum absolute atomic E-state index is 0.0332. The maximum absolute atomic E-state index is 11.4. The molecule has 3 nitrogen and oxygen atoms in total. The third-order valence-electron chi connectivity index (χ3n) is 1.78. The van der Waals surface area contributed by atoms with Gasteiger partial charge in [0.15, 0.2) is 0 Å². The third-order valence-corrected chi connectivity index (χ3v) is 1.78. The summed E-state index contributed by atoms with van der Waals surface area (Å²) in [5.41, 5.74) is 5.48. The van der Waals surface area contributed by atoms with Crippen LogP contribution in [0.3, 0.4) is 0 Å². The summed E-state index contributed by atoms with van der Waals surface area (Å²) in [5, 5.41) is 2.63. The average molecular weight is 182 g/mol. The van der Waals surface area contributed by atoms with E-state index in [4.69, 9.17) is 12.2 Å². The van der Waals surface area contributed by atoms with Crippen molar-refractivity contribution in [1.29, 1.82) is 0 Å². The summed E-state index contributed by atoms with van der Waals surface area (Å²) in [4.78, 5) is 11.4. The number of carbonyl (C=O) groups is 1. The molecular weight excluding hydrogens is 164 g/mol. The fraction of sp³-hybridized carbons (Fsp3) is 0.700. The Labute approximate surface area is 80.1 Å². The van der Waals surface area contributed by atoms with E-state index in [1.807, 2.05) is 0 Å². The molecule has 0 aliphatic rings. The van der Waals surface area contributed by atoms with E-state index in [1.54, 1.807) is 0 Å². The first-order chi connectivity index (χ1) is 6.11. The van der Waals surface area contributed by atoms with Crippen LogP contribution in [0.15, 0.2) is 0 Å². The van der Waals surface area contributed by atoms with Crippen molar-refractivity contribution in [2.45, 2.75) is 20.3 Å². The van der Waals surface area contributed by atoms with Crippen LogP contribution >= 0.6 is 0 Å². The molecule has 0 heterocycles. The largest absolute Gasteiger partial charge is 0.345 e. The van der Waals surface area contributed by atoms with E-state index in [-0.39, 0.29) is 18.4 Å². The number of terminal acetylenes is 1. The summed E-state index contributed by atoms with van der Waals surface area (Å²) in [5.74, 6) is 2.70. The van der Waals surface area contributed by atoms with Crippen molar-refractivity contribution < 1.29 is 4.79 Å². The molecule has 3 N–H and O–H groups in total. The highest BCUT2D eigenvalue weighted by Crippen LogP contribution is 2.10. The van der Waals surface area contributed by atoms with Crippen LogP contribution in [-0.2, 0) is 4.79 Å². The average Bonchev–Trinajstić information content (AvgIpc) is 2.09. The Balaban J connectivity index is 3.93. The maximum atomic E-state index is 11.4. The summed E-state index contributed by atoms with van der Waals surface area (Å²) >= 11 is 0. The number of hydrogen-bond acceptors (Lipinski definition) is 2. The molecule has 1 atom stereocenters. The van der Waals surface area contributed by atoms with Gasteiger partial charge in [-0.15, -0.1) is 6.42 Å². The second-order valence-electron chi connectivity index (χ2n) is 3.48. The monoisotopic (exact) mass is 182 g/mol. The van der Waals surface area contributed by atoms with Gasteiger partial charge in [0.2, 0.25) is 5.91 Å². The highest BCUT2D eigenvalue weighted by Gasteiger charge is 2.16. The Hall–Kier alpha value is -1.01. The molecule has 0 saturated heterocycles. The zero-order chi connectivity index (χ0) is 10.3. The van der Waals surface area contributed by atoms with Crippen molar-refractivity contribution >= 4 is 5.91 Å². The van der Waals surface area contributed by atoms with Crippen molar-refractivity contribution in [3.05, 3.63) is 0 Å². The molecule has 0 radical (unpaired) electrons. The summed E-state index contributed by atoms with van der Waals surface area (Å²) in [6.45, 7) is 4.80. The molecule has 3 heteroatoms. The van der Waals surface area contributed by atoms with E-state index in [1.165, 1.54) is 0 Å². The number of rotatable bonds is 5. The van der Waals surface area contributed by atoms with Gasteiger partial charge in [0.05, 0.1) is 12.5 Å². The van der Waals surface area contributed by atoms with Crippen LogP contribution in [0.1, 0.15) is 20.3 Å². The van der Waals surface area contributed by atoms with Gasteiger partial charge in [-0.2, -0.15) is 0 Å². The van der Waals surface area contributed by atoms with Crippen molar-refractivity contribution in [1.82, 2.24) is 5.32 Å². The molecule has 13 heavy (non-hydrogen) atoms. The van der Waals surface area contributed by atoms with E-state index in [0.717, 1.165) is 6.42 Å². The standard InChI is InChI=1S/C10H18N2O/c1-4-5-12-10(13)9(7-11)6-8(2)3/h1,8-9H,5-7,11H2,2-3H3,(H,12,13). The molecule has 74 valence electrons. The number of carbonyl (C=O) groups excluding carboxylic acids is 1. The van der Waals surface area contributed by atoms with Gasteiger partial charge in [0, 0.05) is 6.54 Å². The topological polar surface area (TPSA) is 55.1 Å². The highest BCUT2D eigenvalue weighted by atomic mass is 16.1. The minimum atomic E-state index is -0.103. The van der Waals surface area contributed by atoms with Crippen LogP contribution in [0.5, 0.6) is 0 Å². The molecule has 1 unspecified atom stereocenters. The van der Waals surface area contributed by atoms with Crippen LogP contribution < -0.4 is 11.1 Å². The number of nitrogens with one attached hydrogen (secondary N) is 1. The van der Waals surface area contributed by atoms with Gasteiger partial charge in [-0.1, -0.05) is 19.8 Å². The Morgan fingerprint density at radius 1 is 1.62 bits per heavy atom. The fourth-order valence-electron chi connectivity index (χ4n) is 1.16. The van der Waals surface area contributed by atoms with E-state index in [2.05, 4.69) is 25.1 Å². The van der Waals surface area contributed by atoms with Gasteiger partial charge in [-0.05, 0) is 12.3 Å². The third kappa shape index (κ3) is 5.26. The van der Waals surface area contributed by atoms with Gasteiger partial charge in [0.25, 0.3) is 0 Å². The number of hydrogen-bond donors (Lipinski definition) is 2. The molecule has 0 aromatic carbocycles. The quantitative estimate of drug-likeness (QED) is 0.603. The molecule has 0 rings (SSSR count). The summed E-state index contributed by atoms with van der Waals surface area (Å²) in [6.07, 6.45) is 5.84. The van der Waals surface area contributed by atoms with E-state index >= 15 is 0 Å². The Morgan fingerprint density at radius 2 is 2.23 bits per heavy atom. The lowest BCUT2D eigenvalue weighted by atomic mass is 9.96. The predicted molar refractivity (Wildman–Crippen MR) is 53.8 cm³/mol.